The zero-order chi connectivity index (χ0) is 13.5. The molecule has 1 saturated heterocycles. The van der Waals surface area contributed by atoms with E-state index in [2.05, 4.69) is 25.8 Å². The predicted molar refractivity (Wildman–Crippen MR) is 70.8 cm³/mol. The third-order valence-corrected chi connectivity index (χ3v) is 2.81. The number of hydrogen-bond donors (Lipinski definition) is 2. The van der Waals surface area contributed by atoms with Crippen LogP contribution in [0.1, 0.15) is 31.5 Å². The summed E-state index contributed by atoms with van der Waals surface area (Å²) in [6.45, 7) is 6.64. The monoisotopic (exact) mass is 267 g/mol. The predicted octanol–water partition coefficient (Wildman–Crippen LogP) is 0.612. The quantitative estimate of drug-likeness (QED) is 0.600. The highest BCUT2D eigenvalue weighted by Gasteiger charge is 2.15. The Balaban J connectivity index is 1.83. The van der Waals surface area contributed by atoms with E-state index in [4.69, 9.17) is 9.26 Å². The Hall–Kier alpha value is -1.63. The van der Waals surface area contributed by atoms with Crippen molar-refractivity contribution in [3.8, 4) is 0 Å². The second kappa shape index (κ2) is 7.08. The van der Waals surface area contributed by atoms with E-state index in [0.29, 0.717) is 18.3 Å². The summed E-state index contributed by atoms with van der Waals surface area (Å²) in [5.41, 5.74) is 0. The van der Waals surface area contributed by atoms with Crippen molar-refractivity contribution >= 4 is 5.96 Å². The molecule has 0 aromatic carbocycles. The molecule has 1 aliphatic rings. The fourth-order valence-electron chi connectivity index (χ4n) is 1.91. The van der Waals surface area contributed by atoms with Crippen molar-refractivity contribution in [1.82, 2.24) is 20.8 Å². The van der Waals surface area contributed by atoms with Crippen LogP contribution in [0.25, 0.3) is 0 Å². The highest BCUT2D eigenvalue weighted by atomic mass is 16.5. The van der Waals surface area contributed by atoms with Gasteiger partial charge in [0.25, 0.3) is 0 Å². The molecule has 0 aliphatic carbocycles. The zero-order valence-electron chi connectivity index (χ0n) is 11.5. The van der Waals surface area contributed by atoms with Crippen LogP contribution in [0.15, 0.2) is 9.52 Å². The molecule has 7 nitrogen and oxygen atoms in total. The van der Waals surface area contributed by atoms with Gasteiger partial charge >= 0.3 is 0 Å². The molecule has 2 rings (SSSR count). The molecule has 106 valence electrons. The second-order valence-corrected chi connectivity index (χ2v) is 4.44. The molecule has 19 heavy (non-hydrogen) atoms. The maximum absolute atomic E-state index is 5.56. The molecule has 7 heteroatoms. The van der Waals surface area contributed by atoms with Crippen molar-refractivity contribution < 1.29 is 9.26 Å². The second-order valence-electron chi connectivity index (χ2n) is 4.44. The van der Waals surface area contributed by atoms with Crippen molar-refractivity contribution in [2.45, 2.75) is 39.3 Å². The number of ether oxygens (including phenoxy) is 1. The number of aryl methyl sites for hydroxylation is 1. The maximum atomic E-state index is 5.56. The summed E-state index contributed by atoms with van der Waals surface area (Å²) in [5, 5.41) is 10.3. The molecule has 0 saturated carbocycles. The lowest BCUT2D eigenvalue weighted by atomic mass is 10.2. The molecule has 1 aliphatic heterocycles. The van der Waals surface area contributed by atoms with E-state index < -0.39 is 0 Å². The van der Waals surface area contributed by atoms with Crippen LogP contribution < -0.4 is 10.6 Å². The lowest BCUT2D eigenvalue weighted by Crippen LogP contribution is -2.41. The number of rotatable bonds is 5. The number of guanidine groups is 1. The minimum absolute atomic E-state index is 0.288. The number of hydrogen-bond acceptors (Lipinski definition) is 5. The van der Waals surface area contributed by atoms with Gasteiger partial charge in [0.05, 0.1) is 6.10 Å². The van der Waals surface area contributed by atoms with E-state index >= 15 is 0 Å². The van der Waals surface area contributed by atoms with Gasteiger partial charge < -0.3 is 19.9 Å². The first-order chi connectivity index (χ1) is 9.28. The Morgan fingerprint density at radius 3 is 3.00 bits per heavy atom. The Morgan fingerprint density at radius 2 is 2.37 bits per heavy atom. The SMILES string of the molecule is CCNC(=NCc1noc(C)n1)NCC1CCCO1. The van der Waals surface area contributed by atoms with Crippen LogP contribution in [0.4, 0.5) is 0 Å². The molecule has 1 aromatic rings. The minimum Gasteiger partial charge on any atom is -0.376 e. The topological polar surface area (TPSA) is 84.6 Å². The number of aliphatic imine (C=N–C) groups is 1. The van der Waals surface area contributed by atoms with Crippen molar-refractivity contribution in [2.24, 2.45) is 4.99 Å². The summed E-state index contributed by atoms with van der Waals surface area (Å²) in [6.07, 6.45) is 2.54. The third kappa shape index (κ3) is 4.51. The van der Waals surface area contributed by atoms with Gasteiger partial charge in [0.15, 0.2) is 11.8 Å². The van der Waals surface area contributed by atoms with Crippen molar-refractivity contribution in [2.75, 3.05) is 19.7 Å². The normalized spacial score (nSPS) is 19.7. The van der Waals surface area contributed by atoms with Crippen LogP contribution in [0.5, 0.6) is 0 Å². The van der Waals surface area contributed by atoms with Gasteiger partial charge in [0, 0.05) is 26.6 Å². The largest absolute Gasteiger partial charge is 0.376 e. The van der Waals surface area contributed by atoms with Gasteiger partial charge in [-0.2, -0.15) is 4.98 Å². The summed E-state index contributed by atoms with van der Waals surface area (Å²) in [6, 6.07) is 0. The van der Waals surface area contributed by atoms with Crippen LogP contribution in [-0.4, -0.2) is 41.9 Å². The lowest BCUT2D eigenvalue weighted by Gasteiger charge is -2.14. The standard InChI is InChI=1S/C12H21N5O2/c1-3-13-12(14-7-10-5-4-6-18-10)15-8-11-16-9(2)19-17-11/h10H,3-8H2,1-2H3,(H2,13,14,15). The zero-order valence-corrected chi connectivity index (χ0v) is 11.5. The number of aromatic nitrogens is 2. The highest BCUT2D eigenvalue weighted by Crippen LogP contribution is 2.10. The Kier molecular flexibility index (Phi) is 5.14. The van der Waals surface area contributed by atoms with E-state index in [-0.39, 0.29) is 6.10 Å². The first kappa shape index (κ1) is 13.8. The summed E-state index contributed by atoms with van der Waals surface area (Å²) < 4.78 is 10.5. The van der Waals surface area contributed by atoms with Gasteiger partial charge in [-0.3, -0.25) is 0 Å². The van der Waals surface area contributed by atoms with E-state index in [1.54, 1.807) is 6.92 Å². The van der Waals surface area contributed by atoms with Crippen LogP contribution in [-0.2, 0) is 11.3 Å². The Bertz CT molecular complexity index is 412. The van der Waals surface area contributed by atoms with E-state index in [1.165, 1.54) is 0 Å². The summed E-state index contributed by atoms with van der Waals surface area (Å²) in [4.78, 5) is 8.53. The molecule has 1 aromatic heterocycles. The fourth-order valence-corrected chi connectivity index (χ4v) is 1.91. The van der Waals surface area contributed by atoms with Gasteiger partial charge in [-0.25, -0.2) is 4.99 Å². The van der Waals surface area contributed by atoms with E-state index in [0.717, 1.165) is 38.5 Å². The highest BCUT2D eigenvalue weighted by molar-refractivity contribution is 5.79. The molecule has 0 bridgehead atoms. The van der Waals surface area contributed by atoms with Gasteiger partial charge in [-0.15, -0.1) is 0 Å². The van der Waals surface area contributed by atoms with Crippen molar-refractivity contribution in [3.05, 3.63) is 11.7 Å². The van der Waals surface area contributed by atoms with E-state index in [9.17, 15) is 0 Å². The van der Waals surface area contributed by atoms with Crippen molar-refractivity contribution in [1.29, 1.82) is 0 Å². The number of nitrogens with one attached hydrogen (secondary N) is 2. The Morgan fingerprint density at radius 1 is 1.47 bits per heavy atom. The smallest absolute Gasteiger partial charge is 0.223 e. The summed E-state index contributed by atoms with van der Waals surface area (Å²) >= 11 is 0. The van der Waals surface area contributed by atoms with Crippen LogP contribution >= 0.6 is 0 Å². The van der Waals surface area contributed by atoms with Crippen LogP contribution in [0, 0.1) is 6.92 Å². The molecule has 2 N–H and O–H groups in total. The summed E-state index contributed by atoms with van der Waals surface area (Å²) in [7, 11) is 0. The lowest BCUT2D eigenvalue weighted by molar-refractivity contribution is 0.114. The maximum Gasteiger partial charge on any atom is 0.223 e. The van der Waals surface area contributed by atoms with Crippen LogP contribution in [0.3, 0.4) is 0 Å². The Labute approximate surface area is 112 Å². The van der Waals surface area contributed by atoms with E-state index in [1.807, 2.05) is 6.92 Å². The third-order valence-electron chi connectivity index (χ3n) is 2.81. The molecule has 0 spiro atoms. The van der Waals surface area contributed by atoms with Gasteiger partial charge in [0.2, 0.25) is 5.89 Å². The molecule has 0 amide bonds. The molecule has 2 heterocycles. The fraction of sp³-hybridized carbons (Fsp3) is 0.750. The first-order valence-corrected chi connectivity index (χ1v) is 6.71. The van der Waals surface area contributed by atoms with Crippen molar-refractivity contribution in [3.63, 3.8) is 0 Å². The number of nitrogens with zero attached hydrogens (tertiary/aromatic N) is 3. The van der Waals surface area contributed by atoms with Gasteiger partial charge in [0.1, 0.15) is 6.54 Å². The molecular formula is C12H21N5O2. The van der Waals surface area contributed by atoms with Gasteiger partial charge in [-0.1, -0.05) is 5.16 Å². The average molecular weight is 267 g/mol. The average Bonchev–Trinajstić information content (AvgIpc) is 3.04. The minimum atomic E-state index is 0.288. The molecule has 0 radical (unpaired) electrons. The van der Waals surface area contributed by atoms with Gasteiger partial charge in [-0.05, 0) is 19.8 Å². The summed E-state index contributed by atoms with van der Waals surface area (Å²) in [5.74, 6) is 1.90. The molecule has 1 atom stereocenters. The first-order valence-electron chi connectivity index (χ1n) is 6.71. The molecular weight excluding hydrogens is 246 g/mol. The van der Waals surface area contributed by atoms with Crippen LogP contribution in [0.2, 0.25) is 0 Å². The molecule has 1 fully saturated rings. The molecule has 1 unspecified atom stereocenters.